The Morgan fingerprint density at radius 3 is 2.53 bits per heavy atom. The number of hydrogen-bond acceptors (Lipinski definition) is 5. The summed E-state index contributed by atoms with van der Waals surface area (Å²) in [4.78, 5) is 25.1. The smallest absolute Gasteiger partial charge is 0.326 e. The number of aliphatic carboxylic acids is 1. The minimum absolute atomic E-state index is 0.128. The fourth-order valence-electron chi connectivity index (χ4n) is 4.08. The number of amides is 1. The molecule has 0 bridgehead atoms. The molecule has 0 spiro atoms. The highest BCUT2D eigenvalue weighted by molar-refractivity contribution is 7.99. The van der Waals surface area contributed by atoms with Crippen LogP contribution in [0.25, 0.3) is 11.1 Å². The third kappa shape index (κ3) is 8.53. The van der Waals surface area contributed by atoms with E-state index >= 15 is 0 Å². The Labute approximate surface area is 238 Å². The minimum atomic E-state index is -1.04. The fraction of sp³-hybridized carbons (Fsp3) is 0.333. The summed E-state index contributed by atoms with van der Waals surface area (Å²) < 4.78 is 6.37. The summed E-state index contributed by atoms with van der Waals surface area (Å²) in [6.07, 6.45) is 2.14. The van der Waals surface area contributed by atoms with E-state index in [0.717, 1.165) is 39.3 Å². The van der Waals surface area contributed by atoms with Gasteiger partial charge in [0, 0.05) is 16.3 Å². The molecule has 0 unspecified atom stereocenters. The van der Waals surface area contributed by atoms with Crippen LogP contribution in [0.15, 0.2) is 66.7 Å². The molecule has 2 atom stereocenters. The number of carbonyl (C=O) groups excluding carboxylic acids is 1. The lowest BCUT2D eigenvalue weighted by atomic mass is 9.93. The second-order valence-electron chi connectivity index (χ2n) is 8.85. The predicted octanol–water partition coefficient (Wildman–Crippen LogP) is 7.26. The normalized spacial score (nSPS) is 12.6. The number of aryl methyl sites for hydroxylation is 1. The van der Waals surface area contributed by atoms with Gasteiger partial charge in [-0.15, -0.1) is 0 Å². The lowest BCUT2D eigenvalue weighted by molar-refractivity contribution is -0.139. The van der Waals surface area contributed by atoms with Crippen LogP contribution in [0.5, 0.6) is 0 Å². The summed E-state index contributed by atoms with van der Waals surface area (Å²) in [7, 11) is 0. The third-order valence-electron chi connectivity index (χ3n) is 6.12. The summed E-state index contributed by atoms with van der Waals surface area (Å²) in [5.41, 5.74) is 5.07. The second kappa shape index (κ2) is 15.2. The van der Waals surface area contributed by atoms with E-state index in [2.05, 4.69) is 12.2 Å². The molecule has 0 heterocycles. The number of nitrogens with one attached hydrogen (secondary N) is 1. The van der Waals surface area contributed by atoms with Gasteiger partial charge in [-0.05, 0) is 83.2 Å². The number of carbonyl (C=O) groups is 2. The van der Waals surface area contributed by atoms with Crippen molar-refractivity contribution in [1.29, 1.82) is 0 Å². The van der Waals surface area contributed by atoms with Gasteiger partial charge in [-0.2, -0.15) is 23.5 Å². The Hall–Kier alpha value is -2.45. The van der Waals surface area contributed by atoms with Gasteiger partial charge in [0.05, 0.1) is 12.7 Å². The minimum Gasteiger partial charge on any atom is -0.480 e. The van der Waals surface area contributed by atoms with Crippen LogP contribution in [0.4, 0.5) is 0 Å². The van der Waals surface area contributed by atoms with E-state index in [9.17, 15) is 14.7 Å². The highest BCUT2D eigenvalue weighted by atomic mass is 35.5. The van der Waals surface area contributed by atoms with Gasteiger partial charge in [0.1, 0.15) is 6.04 Å². The van der Waals surface area contributed by atoms with Crippen molar-refractivity contribution in [2.24, 2.45) is 0 Å². The first-order chi connectivity index (χ1) is 18.3. The quantitative estimate of drug-likeness (QED) is 0.212. The van der Waals surface area contributed by atoms with E-state index in [1.807, 2.05) is 73.8 Å². The summed E-state index contributed by atoms with van der Waals surface area (Å²) in [5, 5.41) is 13.0. The predicted molar refractivity (Wildman–Crippen MR) is 160 cm³/mol. The van der Waals surface area contributed by atoms with Gasteiger partial charge in [0.2, 0.25) is 0 Å². The summed E-state index contributed by atoms with van der Waals surface area (Å²) in [6, 6.07) is 20.2. The third-order valence-corrected chi connectivity index (χ3v) is 7.95. The molecule has 3 aromatic carbocycles. The molecule has 3 aromatic rings. The van der Waals surface area contributed by atoms with Crippen LogP contribution < -0.4 is 5.32 Å². The van der Waals surface area contributed by atoms with Crippen LogP contribution >= 0.6 is 35.1 Å². The Bertz CT molecular complexity index is 1240. The van der Waals surface area contributed by atoms with Crippen LogP contribution in [-0.2, 0) is 16.1 Å². The molecule has 202 valence electrons. The molecular weight excluding hydrogens is 538 g/mol. The molecule has 0 saturated heterocycles. The summed E-state index contributed by atoms with van der Waals surface area (Å²) in [5.74, 6) is 0.986. The molecule has 0 aliphatic heterocycles. The number of benzene rings is 3. The molecule has 8 heteroatoms. The first kappa shape index (κ1) is 30.1. The Kier molecular flexibility index (Phi) is 12.1. The zero-order chi connectivity index (χ0) is 27.5. The van der Waals surface area contributed by atoms with E-state index in [-0.39, 0.29) is 6.10 Å². The monoisotopic (exact) mass is 571 g/mol. The maximum Gasteiger partial charge on any atom is 0.326 e. The van der Waals surface area contributed by atoms with Crippen LogP contribution in [0.1, 0.15) is 46.5 Å². The number of hydrogen-bond donors (Lipinski definition) is 2. The fourth-order valence-corrected chi connectivity index (χ4v) is 5.48. The number of carboxylic acids is 1. The van der Waals surface area contributed by atoms with Crippen LogP contribution in [0, 0.1) is 6.92 Å². The lowest BCUT2D eigenvalue weighted by Crippen LogP contribution is -2.41. The van der Waals surface area contributed by atoms with Gasteiger partial charge < -0.3 is 15.2 Å². The van der Waals surface area contributed by atoms with Crippen molar-refractivity contribution in [2.45, 2.75) is 39.0 Å². The number of halogens is 1. The number of rotatable bonds is 14. The second-order valence-corrected chi connectivity index (χ2v) is 11.6. The highest BCUT2D eigenvalue weighted by Gasteiger charge is 2.23. The average molecular weight is 572 g/mol. The molecule has 0 fully saturated rings. The zero-order valence-electron chi connectivity index (χ0n) is 21.9. The molecule has 38 heavy (non-hydrogen) atoms. The topological polar surface area (TPSA) is 75.6 Å². The molecule has 0 aliphatic carbocycles. The molecule has 0 radical (unpaired) electrons. The van der Waals surface area contributed by atoms with E-state index in [4.69, 9.17) is 16.3 Å². The molecule has 5 nitrogen and oxygen atoms in total. The summed E-state index contributed by atoms with van der Waals surface area (Å²) in [6.45, 7) is 4.47. The van der Waals surface area contributed by atoms with Crippen molar-refractivity contribution in [3.05, 3.63) is 94.0 Å². The van der Waals surface area contributed by atoms with Gasteiger partial charge in [0.15, 0.2) is 0 Å². The highest BCUT2D eigenvalue weighted by Crippen LogP contribution is 2.30. The Morgan fingerprint density at radius 1 is 1.05 bits per heavy atom. The molecule has 2 N–H and O–H groups in total. The van der Waals surface area contributed by atoms with Gasteiger partial charge >= 0.3 is 5.97 Å². The van der Waals surface area contributed by atoms with Crippen LogP contribution in [0.3, 0.4) is 0 Å². The van der Waals surface area contributed by atoms with Crippen molar-refractivity contribution < 1.29 is 19.4 Å². The van der Waals surface area contributed by atoms with Crippen molar-refractivity contribution in [2.75, 3.05) is 23.5 Å². The molecule has 0 aliphatic rings. The molecule has 1 amide bonds. The van der Waals surface area contributed by atoms with Crippen molar-refractivity contribution in [1.82, 2.24) is 5.32 Å². The average Bonchev–Trinajstić information content (AvgIpc) is 2.91. The molecule has 0 aromatic heterocycles. The lowest BCUT2D eigenvalue weighted by Gasteiger charge is -2.20. The molecule has 0 saturated carbocycles. The Balaban J connectivity index is 1.90. The first-order valence-corrected chi connectivity index (χ1v) is 15.4. The van der Waals surface area contributed by atoms with E-state index < -0.39 is 17.9 Å². The number of ether oxygens (including phenoxy) is 1. The zero-order valence-corrected chi connectivity index (χ0v) is 24.3. The first-order valence-electron chi connectivity index (χ1n) is 12.5. The van der Waals surface area contributed by atoms with Crippen molar-refractivity contribution >= 4 is 47.0 Å². The maximum absolute atomic E-state index is 13.3. The van der Waals surface area contributed by atoms with E-state index in [1.54, 1.807) is 29.6 Å². The van der Waals surface area contributed by atoms with E-state index in [0.29, 0.717) is 29.4 Å². The van der Waals surface area contributed by atoms with Crippen LogP contribution in [-0.4, -0.2) is 46.5 Å². The maximum atomic E-state index is 13.3. The van der Waals surface area contributed by atoms with Crippen LogP contribution in [0.2, 0.25) is 5.02 Å². The van der Waals surface area contributed by atoms with E-state index in [1.165, 1.54) is 0 Å². The van der Waals surface area contributed by atoms with Gasteiger partial charge in [0.25, 0.3) is 5.91 Å². The molecular formula is C30H34ClNO4S2. The number of carboxylic acid groups (broad SMARTS) is 1. The van der Waals surface area contributed by atoms with Crippen molar-refractivity contribution in [3.8, 4) is 11.1 Å². The van der Waals surface area contributed by atoms with Gasteiger partial charge in [-0.25, -0.2) is 4.79 Å². The van der Waals surface area contributed by atoms with Gasteiger partial charge in [-0.3, -0.25) is 4.79 Å². The van der Waals surface area contributed by atoms with Gasteiger partial charge in [-0.1, -0.05) is 61.0 Å². The molecule has 3 rings (SSSR count). The number of thioether (sulfide) groups is 2. The van der Waals surface area contributed by atoms with Crippen molar-refractivity contribution in [3.63, 3.8) is 0 Å². The standard InChI is InChI=1S/C30H34ClNO4S2/c1-4-38-19-28(22-9-7-10-23(31)17-22)36-18-21-12-13-25(26(16-21)24-11-6-5-8-20(24)2)29(33)32-27(30(34)35)14-15-37-3/h5-13,16-17,27-28H,4,14-15,18-19H2,1-3H3,(H,32,33)(H,34,35)/t27-,28-/m0/s1. The SMILES string of the molecule is CCSC[C@H](OCc1ccc(C(=O)N[C@@H](CCSC)C(=O)O)c(-c2ccccc2C)c1)c1cccc(Cl)c1. The largest absolute Gasteiger partial charge is 0.480 e. The Morgan fingerprint density at radius 2 is 1.84 bits per heavy atom. The summed E-state index contributed by atoms with van der Waals surface area (Å²) >= 11 is 9.59.